The van der Waals surface area contributed by atoms with E-state index in [0.717, 1.165) is 46.5 Å². The Hall–Kier alpha value is -1.98. The summed E-state index contributed by atoms with van der Waals surface area (Å²) in [6.07, 6.45) is 2.94. The fourth-order valence-corrected chi connectivity index (χ4v) is 4.50. The van der Waals surface area contributed by atoms with E-state index in [1.54, 1.807) is 6.20 Å². The summed E-state index contributed by atoms with van der Waals surface area (Å²) < 4.78 is 14.2. The number of H-pyrrole nitrogens is 1. The largest absolute Gasteiger partial charge is 0.358 e. The second kappa shape index (κ2) is 7.56. The van der Waals surface area contributed by atoms with Crippen LogP contribution in [0.3, 0.4) is 0 Å². The molecule has 2 atom stereocenters. The van der Waals surface area contributed by atoms with Gasteiger partial charge in [0.15, 0.2) is 0 Å². The predicted molar refractivity (Wildman–Crippen MR) is 111 cm³/mol. The van der Waals surface area contributed by atoms with Crippen molar-refractivity contribution >= 4 is 15.9 Å². The molecule has 3 aromatic rings. The Kier molecular flexibility index (Phi) is 5.15. The fraction of sp³-hybridized carbons (Fsp3) is 0.318. The summed E-state index contributed by atoms with van der Waals surface area (Å²) in [6, 6.07) is 13.0. The lowest BCUT2D eigenvalue weighted by molar-refractivity contribution is 0.194. The molecule has 140 valence electrons. The maximum Gasteiger partial charge on any atom is 0.123 e. The molecule has 4 rings (SSSR count). The van der Waals surface area contributed by atoms with E-state index in [0.29, 0.717) is 11.8 Å². The van der Waals surface area contributed by atoms with Crippen molar-refractivity contribution in [1.82, 2.24) is 14.9 Å². The average Bonchev–Trinajstić information content (AvgIpc) is 3.07. The standard InChI is InChI=1S/C22H23BrFN3/c1-14-13-27(2)10-8-18(14)20-12-19(16-7-9-25-21(23)11-16)22(26-20)15-3-5-17(24)6-4-15/h3-7,9,11-12,14,18,26H,8,10,13H2,1-2H3/t14-,18+/m1/s1. The highest BCUT2D eigenvalue weighted by Crippen LogP contribution is 2.39. The van der Waals surface area contributed by atoms with Crippen LogP contribution < -0.4 is 0 Å². The van der Waals surface area contributed by atoms with E-state index in [4.69, 9.17) is 0 Å². The molecule has 1 aliphatic rings. The summed E-state index contributed by atoms with van der Waals surface area (Å²) in [7, 11) is 2.19. The monoisotopic (exact) mass is 427 g/mol. The van der Waals surface area contributed by atoms with Gasteiger partial charge in [-0.3, -0.25) is 0 Å². The van der Waals surface area contributed by atoms with Gasteiger partial charge in [-0.15, -0.1) is 0 Å². The zero-order valence-corrected chi connectivity index (χ0v) is 17.1. The highest BCUT2D eigenvalue weighted by Gasteiger charge is 2.28. The van der Waals surface area contributed by atoms with Crippen molar-refractivity contribution < 1.29 is 4.39 Å². The van der Waals surface area contributed by atoms with Gasteiger partial charge >= 0.3 is 0 Å². The van der Waals surface area contributed by atoms with Crippen LogP contribution in [0.1, 0.15) is 25.0 Å². The van der Waals surface area contributed by atoms with E-state index in [2.05, 4.69) is 50.8 Å². The highest BCUT2D eigenvalue weighted by atomic mass is 79.9. The summed E-state index contributed by atoms with van der Waals surface area (Å²) in [5.74, 6) is 0.864. The van der Waals surface area contributed by atoms with Gasteiger partial charge in [0.25, 0.3) is 0 Å². The van der Waals surface area contributed by atoms with Crippen molar-refractivity contribution in [1.29, 1.82) is 0 Å². The molecule has 0 spiro atoms. The number of piperidine rings is 1. The number of rotatable bonds is 3. The van der Waals surface area contributed by atoms with Crippen LogP contribution in [0.25, 0.3) is 22.4 Å². The number of nitrogens with one attached hydrogen (secondary N) is 1. The number of pyridine rings is 1. The predicted octanol–water partition coefficient (Wildman–Crippen LogP) is 5.70. The topological polar surface area (TPSA) is 31.9 Å². The van der Waals surface area contributed by atoms with Crippen LogP contribution in [-0.2, 0) is 0 Å². The van der Waals surface area contributed by atoms with Crippen LogP contribution in [0, 0.1) is 11.7 Å². The summed E-state index contributed by atoms with van der Waals surface area (Å²) in [6.45, 7) is 4.53. The normalized spacial score (nSPS) is 20.7. The van der Waals surface area contributed by atoms with Gasteiger partial charge in [-0.25, -0.2) is 9.37 Å². The molecule has 2 aromatic heterocycles. The molecule has 27 heavy (non-hydrogen) atoms. The minimum Gasteiger partial charge on any atom is -0.358 e. The van der Waals surface area contributed by atoms with Crippen LogP contribution in [0.4, 0.5) is 4.39 Å². The maximum atomic E-state index is 13.4. The molecule has 0 amide bonds. The van der Waals surface area contributed by atoms with Crippen molar-refractivity contribution in [2.45, 2.75) is 19.3 Å². The van der Waals surface area contributed by atoms with Crippen molar-refractivity contribution in [3.8, 4) is 22.4 Å². The van der Waals surface area contributed by atoms with Gasteiger partial charge in [-0.2, -0.15) is 0 Å². The van der Waals surface area contributed by atoms with Gasteiger partial charge in [0.05, 0.1) is 5.69 Å². The Morgan fingerprint density at radius 1 is 1.15 bits per heavy atom. The fourth-order valence-electron chi connectivity index (χ4n) is 4.13. The highest BCUT2D eigenvalue weighted by molar-refractivity contribution is 9.10. The number of hydrogen-bond donors (Lipinski definition) is 1. The van der Waals surface area contributed by atoms with E-state index >= 15 is 0 Å². The first-order valence-corrected chi connectivity index (χ1v) is 10.1. The molecule has 0 bridgehead atoms. The Labute approximate surface area is 167 Å². The van der Waals surface area contributed by atoms with Gasteiger partial charge in [-0.1, -0.05) is 6.92 Å². The van der Waals surface area contributed by atoms with Gasteiger partial charge in [-0.05, 0) is 95.5 Å². The van der Waals surface area contributed by atoms with Crippen LogP contribution in [0.5, 0.6) is 0 Å². The molecule has 1 N–H and O–H groups in total. The molecule has 3 heterocycles. The number of halogens is 2. The second-order valence-electron chi connectivity index (χ2n) is 7.52. The molecule has 1 fully saturated rings. The molecule has 0 radical (unpaired) electrons. The third-order valence-electron chi connectivity index (χ3n) is 5.52. The average molecular weight is 428 g/mol. The van der Waals surface area contributed by atoms with Gasteiger partial charge < -0.3 is 9.88 Å². The summed E-state index contributed by atoms with van der Waals surface area (Å²) >= 11 is 3.47. The third kappa shape index (κ3) is 3.85. The zero-order chi connectivity index (χ0) is 19.0. The molecule has 1 saturated heterocycles. The van der Waals surface area contributed by atoms with Crippen LogP contribution in [0.15, 0.2) is 53.3 Å². The van der Waals surface area contributed by atoms with E-state index < -0.39 is 0 Å². The van der Waals surface area contributed by atoms with Gasteiger partial charge in [0.1, 0.15) is 10.4 Å². The van der Waals surface area contributed by atoms with E-state index in [1.165, 1.54) is 17.8 Å². The van der Waals surface area contributed by atoms with Crippen molar-refractivity contribution in [2.75, 3.05) is 20.1 Å². The number of aromatic amines is 1. The summed E-state index contributed by atoms with van der Waals surface area (Å²) in [4.78, 5) is 10.3. The number of hydrogen-bond acceptors (Lipinski definition) is 2. The van der Waals surface area contributed by atoms with Crippen molar-refractivity contribution in [2.24, 2.45) is 5.92 Å². The second-order valence-corrected chi connectivity index (χ2v) is 8.33. The molecule has 1 aromatic carbocycles. The number of nitrogens with zero attached hydrogens (tertiary/aromatic N) is 2. The number of benzene rings is 1. The van der Waals surface area contributed by atoms with E-state index in [1.807, 2.05) is 24.3 Å². The minimum atomic E-state index is -0.220. The number of likely N-dealkylation sites (tertiary alicyclic amines) is 1. The summed E-state index contributed by atoms with van der Waals surface area (Å²) in [5.41, 5.74) is 5.52. The van der Waals surface area contributed by atoms with E-state index in [-0.39, 0.29) is 5.82 Å². The first kappa shape index (κ1) is 18.4. The summed E-state index contributed by atoms with van der Waals surface area (Å²) in [5, 5.41) is 0. The quantitative estimate of drug-likeness (QED) is 0.543. The lowest BCUT2D eigenvalue weighted by Crippen LogP contribution is -2.35. The molecule has 5 heteroatoms. The first-order valence-electron chi connectivity index (χ1n) is 9.30. The molecule has 3 nitrogen and oxygen atoms in total. The van der Waals surface area contributed by atoms with Gasteiger partial charge in [0.2, 0.25) is 0 Å². The first-order chi connectivity index (χ1) is 13.0. The van der Waals surface area contributed by atoms with Crippen LogP contribution in [-0.4, -0.2) is 35.0 Å². The lowest BCUT2D eigenvalue weighted by atomic mass is 9.84. The van der Waals surface area contributed by atoms with Gasteiger partial charge in [0, 0.05) is 29.9 Å². The molecule has 1 aliphatic heterocycles. The zero-order valence-electron chi connectivity index (χ0n) is 15.5. The van der Waals surface area contributed by atoms with Crippen LogP contribution >= 0.6 is 15.9 Å². The number of aromatic nitrogens is 2. The molecule has 0 saturated carbocycles. The lowest BCUT2D eigenvalue weighted by Gasteiger charge is -2.34. The molecular formula is C22H23BrFN3. The van der Waals surface area contributed by atoms with Crippen molar-refractivity contribution in [3.05, 3.63) is 64.8 Å². The maximum absolute atomic E-state index is 13.4. The SMILES string of the molecule is C[C@@H]1CN(C)CC[C@@H]1c1cc(-c2ccnc(Br)c2)c(-c2ccc(F)cc2)[nH]1. The molecule has 0 unspecified atom stereocenters. The van der Waals surface area contributed by atoms with Crippen LogP contribution in [0.2, 0.25) is 0 Å². The Morgan fingerprint density at radius 2 is 1.93 bits per heavy atom. The molecule has 0 aliphatic carbocycles. The Morgan fingerprint density at radius 3 is 2.63 bits per heavy atom. The van der Waals surface area contributed by atoms with E-state index in [9.17, 15) is 4.39 Å². The van der Waals surface area contributed by atoms with Crippen molar-refractivity contribution in [3.63, 3.8) is 0 Å². The third-order valence-corrected chi connectivity index (χ3v) is 5.95. The Bertz CT molecular complexity index is 935. The smallest absolute Gasteiger partial charge is 0.123 e. The Balaban J connectivity index is 1.81. The molecular weight excluding hydrogens is 405 g/mol. The minimum absolute atomic E-state index is 0.220.